The van der Waals surface area contributed by atoms with Gasteiger partial charge in [0.25, 0.3) is 0 Å². The van der Waals surface area contributed by atoms with Crippen molar-refractivity contribution in [2.24, 2.45) is 23.7 Å². The number of hydrogen-bond donors (Lipinski definition) is 6. The van der Waals surface area contributed by atoms with Crippen molar-refractivity contribution in [3.8, 4) is 0 Å². The van der Waals surface area contributed by atoms with Gasteiger partial charge in [-0.3, -0.25) is 0 Å². The van der Waals surface area contributed by atoms with Crippen molar-refractivity contribution in [3.63, 3.8) is 0 Å². The van der Waals surface area contributed by atoms with Gasteiger partial charge in [0.15, 0.2) is 0 Å². The molecular weight excluding hydrogens is 416 g/mol. The number of fused-ring (bicyclic) bond motifs is 2. The minimum atomic E-state index is -1.50. The maximum atomic E-state index is 11.3. The summed E-state index contributed by atoms with van der Waals surface area (Å²) in [6.07, 6.45) is -0.818. The van der Waals surface area contributed by atoms with Crippen molar-refractivity contribution in [2.75, 3.05) is 0 Å². The Labute approximate surface area is 189 Å². The normalized spacial score (nSPS) is 51.6. The molecule has 0 amide bonds. The van der Waals surface area contributed by atoms with Gasteiger partial charge in [-0.15, -0.1) is 0 Å². The highest BCUT2D eigenvalue weighted by Crippen LogP contribution is 2.61. The predicted octanol–water partition coefficient (Wildman–Crippen LogP) is -0.167. The van der Waals surface area contributed by atoms with Crippen LogP contribution in [0.3, 0.4) is 0 Å². The predicted molar refractivity (Wildman–Crippen MR) is 117 cm³/mol. The van der Waals surface area contributed by atoms with Crippen molar-refractivity contribution in [3.05, 3.63) is 23.3 Å². The first-order valence-corrected chi connectivity index (χ1v) is 11.3. The van der Waals surface area contributed by atoms with Crippen molar-refractivity contribution in [1.82, 2.24) is 0 Å². The molecule has 1 aliphatic heterocycles. The number of rotatable bonds is 1. The quantitative estimate of drug-likeness (QED) is 0.299. The lowest BCUT2D eigenvalue weighted by atomic mass is 9.52. The van der Waals surface area contributed by atoms with E-state index in [-0.39, 0.29) is 30.2 Å². The first-order chi connectivity index (χ1) is 14.0. The van der Waals surface area contributed by atoms with E-state index in [1.807, 2.05) is 33.8 Å². The van der Waals surface area contributed by atoms with Gasteiger partial charge in [-0.2, -0.15) is 0 Å². The molecule has 2 fully saturated rings. The Morgan fingerprint density at radius 2 is 1.25 bits per heavy atom. The first kappa shape index (κ1) is 25.8. The second-order valence-corrected chi connectivity index (χ2v) is 11.8. The lowest BCUT2D eigenvalue weighted by molar-refractivity contribution is -0.145. The molecule has 4 rings (SSSR count). The van der Waals surface area contributed by atoms with E-state index in [4.69, 9.17) is 4.74 Å². The molecule has 8 N–H and O–H groups in total. The fourth-order valence-electron chi connectivity index (χ4n) is 6.97. The van der Waals surface area contributed by atoms with Gasteiger partial charge < -0.3 is 40.9 Å². The molecule has 0 aromatic carbocycles. The number of aliphatic hydroxyl groups is 6. The molecule has 32 heavy (non-hydrogen) atoms. The fraction of sp³-hybridized carbons (Fsp3) is 0.833. The summed E-state index contributed by atoms with van der Waals surface area (Å²) in [6, 6.07) is 0. The van der Waals surface area contributed by atoms with Crippen molar-refractivity contribution < 1.29 is 40.9 Å². The molecule has 0 aromatic heterocycles. The van der Waals surface area contributed by atoms with Crippen LogP contribution in [0.2, 0.25) is 0 Å². The third-order valence-electron chi connectivity index (χ3n) is 8.38. The van der Waals surface area contributed by atoms with Crippen LogP contribution >= 0.6 is 0 Å². The van der Waals surface area contributed by atoms with Gasteiger partial charge in [0.05, 0.1) is 40.7 Å². The third-order valence-corrected chi connectivity index (χ3v) is 8.38. The van der Waals surface area contributed by atoms with Gasteiger partial charge in [-0.25, -0.2) is 0 Å². The minimum Gasteiger partial charge on any atom is -0.412 e. The highest BCUT2D eigenvalue weighted by molar-refractivity contribution is 5.37. The van der Waals surface area contributed by atoms with Crippen molar-refractivity contribution in [2.45, 2.75) is 101 Å². The summed E-state index contributed by atoms with van der Waals surface area (Å²) < 4.78 is 6.44. The lowest BCUT2D eigenvalue weighted by Gasteiger charge is -2.54. The highest BCUT2D eigenvalue weighted by atomic mass is 16.5. The van der Waals surface area contributed by atoms with E-state index >= 15 is 0 Å². The molecule has 10 atom stereocenters. The molecule has 3 aliphatic carbocycles. The SMILES string of the molecule is CC1(C)OC(C)(C)[C@H]2C=C3[C@H]([C@@H](C4=C[C@H](O)[C@](C)(O)C[C@@H]4O)[C@@H]21)[C@H](O)[C@](C)(O)C[C@@H]3O.O. The third kappa shape index (κ3) is 3.69. The van der Waals surface area contributed by atoms with Crippen LogP contribution in [0.4, 0.5) is 0 Å². The Kier molecular flexibility index (Phi) is 6.11. The van der Waals surface area contributed by atoms with E-state index in [0.29, 0.717) is 11.1 Å². The Hall–Kier alpha value is -0.840. The van der Waals surface area contributed by atoms with E-state index < -0.39 is 58.7 Å². The Bertz CT molecular complexity index is 811. The molecule has 4 aliphatic rings. The lowest BCUT2D eigenvalue weighted by Crippen LogP contribution is -2.60. The van der Waals surface area contributed by atoms with Crippen LogP contribution < -0.4 is 0 Å². The van der Waals surface area contributed by atoms with Gasteiger partial charge in [-0.05, 0) is 58.6 Å². The maximum Gasteiger partial charge on any atom is 0.101 e. The van der Waals surface area contributed by atoms with Gasteiger partial charge in [0.1, 0.15) is 6.10 Å². The molecule has 1 heterocycles. The van der Waals surface area contributed by atoms with Crippen molar-refractivity contribution in [1.29, 1.82) is 0 Å². The molecule has 0 radical (unpaired) electrons. The van der Waals surface area contributed by atoms with Crippen LogP contribution in [0.1, 0.15) is 54.4 Å². The summed E-state index contributed by atoms with van der Waals surface area (Å²) in [6.45, 7) is 11.0. The van der Waals surface area contributed by atoms with E-state index in [2.05, 4.69) is 0 Å². The largest absolute Gasteiger partial charge is 0.412 e. The summed E-state index contributed by atoms with van der Waals surface area (Å²) in [7, 11) is 0. The van der Waals surface area contributed by atoms with Crippen LogP contribution in [0.5, 0.6) is 0 Å². The Morgan fingerprint density at radius 3 is 1.81 bits per heavy atom. The first-order valence-electron chi connectivity index (χ1n) is 11.3. The average molecular weight is 457 g/mol. The Morgan fingerprint density at radius 1 is 0.750 bits per heavy atom. The van der Waals surface area contributed by atoms with Crippen molar-refractivity contribution >= 4 is 0 Å². The molecule has 0 unspecified atom stereocenters. The van der Waals surface area contributed by atoms with Gasteiger partial charge in [0, 0.05) is 30.6 Å². The standard InChI is InChI=1S/C24H38O7.H2O/c1-21(2)13-7-11-15(26)10-24(6,30)20(28)18(11)17(19(13)22(3,4)31-21)12-8-16(27)23(5,29)9-14(12)25;/h7-8,13-20,25-30H,9-10H2,1-6H3;1H2/t13-,14-,15-,16-,17+,18+,19+,20-,23+,24+;/m0./s1. The molecule has 8 heteroatoms. The van der Waals surface area contributed by atoms with E-state index in [9.17, 15) is 30.6 Å². The van der Waals surface area contributed by atoms with E-state index in [1.165, 1.54) is 19.9 Å². The molecule has 1 saturated heterocycles. The molecular formula is C24H40O8. The van der Waals surface area contributed by atoms with Gasteiger partial charge >= 0.3 is 0 Å². The Balaban J connectivity index is 0.00000289. The van der Waals surface area contributed by atoms with E-state index in [0.717, 1.165) is 0 Å². The van der Waals surface area contributed by atoms with Gasteiger partial charge in [-0.1, -0.05) is 12.2 Å². The van der Waals surface area contributed by atoms with E-state index in [1.54, 1.807) is 0 Å². The summed E-state index contributed by atoms with van der Waals surface area (Å²) in [5, 5.41) is 65.3. The summed E-state index contributed by atoms with van der Waals surface area (Å²) >= 11 is 0. The van der Waals surface area contributed by atoms with Crippen LogP contribution in [-0.4, -0.2) is 82.9 Å². The minimum absolute atomic E-state index is 0. The molecule has 184 valence electrons. The fourth-order valence-corrected chi connectivity index (χ4v) is 6.97. The summed E-state index contributed by atoms with van der Waals surface area (Å²) in [4.78, 5) is 0. The van der Waals surface area contributed by atoms with Crippen LogP contribution in [0.25, 0.3) is 0 Å². The molecule has 0 aromatic rings. The average Bonchev–Trinajstić information content (AvgIpc) is 2.78. The van der Waals surface area contributed by atoms with Crippen LogP contribution in [0, 0.1) is 23.7 Å². The van der Waals surface area contributed by atoms with Gasteiger partial charge in [0.2, 0.25) is 0 Å². The highest BCUT2D eigenvalue weighted by Gasteiger charge is 2.64. The molecule has 0 spiro atoms. The van der Waals surface area contributed by atoms with Crippen LogP contribution in [-0.2, 0) is 4.74 Å². The number of ether oxygens (including phenoxy) is 1. The zero-order chi connectivity index (χ0) is 23.3. The number of aliphatic hydroxyl groups excluding tert-OH is 4. The zero-order valence-electron chi connectivity index (χ0n) is 19.8. The topological polar surface area (TPSA) is 162 Å². The monoisotopic (exact) mass is 456 g/mol. The number of hydrogen-bond acceptors (Lipinski definition) is 7. The molecule has 0 bridgehead atoms. The second-order valence-electron chi connectivity index (χ2n) is 11.8. The molecule has 8 nitrogen and oxygen atoms in total. The smallest absolute Gasteiger partial charge is 0.101 e. The summed E-state index contributed by atoms with van der Waals surface area (Å²) in [5.41, 5.74) is -2.95. The maximum absolute atomic E-state index is 11.3. The zero-order valence-corrected chi connectivity index (χ0v) is 19.8. The summed E-state index contributed by atoms with van der Waals surface area (Å²) in [5.74, 6) is -1.41. The molecule has 1 saturated carbocycles. The van der Waals surface area contributed by atoms with Crippen LogP contribution in [0.15, 0.2) is 23.3 Å². The second kappa shape index (κ2) is 7.58.